The van der Waals surface area contributed by atoms with E-state index < -0.39 is 39.2 Å². The Morgan fingerprint density at radius 1 is 0.667 bits per heavy atom. The molecule has 36 heavy (non-hydrogen) atoms. The van der Waals surface area contributed by atoms with Gasteiger partial charge in [0.15, 0.2) is 0 Å². The summed E-state index contributed by atoms with van der Waals surface area (Å²) in [4.78, 5) is 1.36. The van der Waals surface area contributed by atoms with E-state index in [0.717, 1.165) is 0 Å². The van der Waals surface area contributed by atoms with Gasteiger partial charge in [-0.05, 0) is 48.3 Å². The summed E-state index contributed by atoms with van der Waals surface area (Å²) >= 11 is 1.36. The second kappa shape index (κ2) is 6.91. The number of hydrogen-bond donors (Lipinski definition) is 0. The van der Waals surface area contributed by atoms with Gasteiger partial charge in [0.1, 0.15) is 4.87 Å². The average Bonchev–Trinajstić information content (AvgIpc) is 3.17. The van der Waals surface area contributed by atoms with E-state index in [-0.39, 0.29) is 11.1 Å². The van der Waals surface area contributed by atoms with Crippen molar-refractivity contribution < 1.29 is 26.3 Å². The summed E-state index contributed by atoms with van der Waals surface area (Å²) in [6.07, 6.45) is 2.80. The van der Waals surface area contributed by atoms with Crippen LogP contribution in [0.2, 0.25) is 0 Å². The van der Waals surface area contributed by atoms with Gasteiger partial charge in [0.05, 0.1) is 5.41 Å². The molecule has 0 amide bonds. The zero-order valence-electron chi connectivity index (χ0n) is 19.6. The molecule has 2 heterocycles. The van der Waals surface area contributed by atoms with Crippen LogP contribution in [0.1, 0.15) is 25.0 Å². The summed E-state index contributed by atoms with van der Waals surface area (Å²) < 4.78 is 90.8. The first-order valence-corrected chi connectivity index (χ1v) is 12.2. The minimum absolute atomic E-state index is 0.176. The van der Waals surface area contributed by atoms with Crippen LogP contribution in [0.3, 0.4) is 0 Å². The normalized spacial score (nSPS) is 31.2. The van der Waals surface area contributed by atoms with Crippen LogP contribution in [-0.2, 0) is 0 Å². The first-order valence-electron chi connectivity index (χ1n) is 11.4. The molecule has 1 nitrogen and oxygen atoms in total. The molecule has 0 bridgehead atoms. The fourth-order valence-corrected chi connectivity index (χ4v) is 7.50. The number of fused-ring (bicyclic) bond motifs is 1. The lowest BCUT2D eigenvalue weighted by atomic mass is 9.67. The van der Waals surface area contributed by atoms with Crippen molar-refractivity contribution in [2.75, 3.05) is 7.05 Å². The van der Waals surface area contributed by atoms with Crippen LogP contribution in [0.15, 0.2) is 95.1 Å². The highest BCUT2D eigenvalue weighted by Gasteiger charge is 2.84. The molecular formula is C28H21F6NS. The summed E-state index contributed by atoms with van der Waals surface area (Å²) in [6, 6.07) is 17.8. The van der Waals surface area contributed by atoms with Crippen molar-refractivity contribution in [3.8, 4) is 0 Å². The zero-order valence-corrected chi connectivity index (χ0v) is 20.4. The number of alkyl halides is 6. The largest absolute Gasteiger partial charge is 0.380 e. The number of thioether (sulfide) groups is 1. The SMILES string of the molecule is CN1C(c2ccccc2)=CC2=C3C(=C4C=C(c5ccccc5)S[C@]1(C)[C@@]42C)C(F)(F)C(F)(F)C3(F)F. The number of halogens is 6. The number of nitrogens with zero attached hydrogens (tertiary/aromatic N) is 1. The fraction of sp³-hybridized carbons (Fsp3) is 0.286. The van der Waals surface area contributed by atoms with Crippen molar-refractivity contribution in [3.63, 3.8) is 0 Å². The highest BCUT2D eigenvalue weighted by Crippen LogP contribution is 2.75. The van der Waals surface area contributed by atoms with Crippen LogP contribution >= 0.6 is 11.8 Å². The Bertz CT molecular complexity index is 1420. The van der Waals surface area contributed by atoms with Crippen LogP contribution < -0.4 is 0 Å². The highest BCUT2D eigenvalue weighted by atomic mass is 32.2. The average molecular weight is 518 g/mol. The lowest BCUT2D eigenvalue weighted by Gasteiger charge is -2.58. The van der Waals surface area contributed by atoms with Gasteiger partial charge in [-0.25, -0.2) is 0 Å². The number of rotatable bonds is 2. The van der Waals surface area contributed by atoms with Gasteiger partial charge >= 0.3 is 17.8 Å². The number of allylic oxidation sites excluding steroid dienone is 4. The predicted octanol–water partition coefficient (Wildman–Crippen LogP) is 8.01. The summed E-state index contributed by atoms with van der Waals surface area (Å²) in [5.41, 5.74) is -2.37. The van der Waals surface area contributed by atoms with Crippen molar-refractivity contribution >= 4 is 22.4 Å². The zero-order chi connectivity index (χ0) is 25.9. The Morgan fingerprint density at radius 2 is 1.14 bits per heavy atom. The maximum Gasteiger partial charge on any atom is 0.380 e. The Labute approximate surface area is 208 Å². The third-order valence-electron chi connectivity index (χ3n) is 8.20. The molecule has 2 aliphatic carbocycles. The van der Waals surface area contributed by atoms with Gasteiger partial charge in [0.2, 0.25) is 0 Å². The third-order valence-corrected chi connectivity index (χ3v) is 9.86. The second-order valence-electron chi connectivity index (χ2n) is 9.84. The molecule has 186 valence electrons. The Morgan fingerprint density at radius 3 is 1.67 bits per heavy atom. The number of benzene rings is 2. The number of hydrogen-bond acceptors (Lipinski definition) is 2. The molecule has 6 rings (SSSR count). The monoisotopic (exact) mass is 517 g/mol. The van der Waals surface area contributed by atoms with E-state index in [1.807, 2.05) is 4.90 Å². The van der Waals surface area contributed by atoms with Gasteiger partial charge in [-0.1, -0.05) is 72.4 Å². The van der Waals surface area contributed by atoms with Crippen LogP contribution in [-0.4, -0.2) is 34.6 Å². The fourth-order valence-electron chi connectivity index (χ4n) is 5.99. The summed E-state index contributed by atoms with van der Waals surface area (Å²) in [5, 5.41) is 0. The molecule has 2 aromatic rings. The van der Waals surface area contributed by atoms with Crippen molar-refractivity contribution in [3.05, 3.63) is 106 Å². The van der Waals surface area contributed by atoms with Gasteiger partial charge in [0.25, 0.3) is 0 Å². The molecule has 4 aliphatic rings. The van der Waals surface area contributed by atoms with E-state index in [9.17, 15) is 8.78 Å². The molecule has 8 heteroatoms. The van der Waals surface area contributed by atoms with Crippen molar-refractivity contribution in [1.29, 1.82) is 0 Å². The lowest BCUT2D eigenvalue weighted by Crippen LogP contribution is -2.57. The highest BCUT2D eigenvalue weighted by molar-refractivity contribution is 8.09. The Kier molecular flexibility index (Phi) is 4.51. The second-order valence-corrected chi connectivity index (χ2v) is 11.3. The van der Waals surface area contributed by atoms with Crippen LogP contribution in [0.25, 0.3) is 10.6 Å². The molecule has 0 saturated heterocycles. The molecule has 0 aromatic heterocycles. The van der Waals surface area contributed by atoms with Crippen LogP contribution in [0.5, 0.6) is 0 Å². The minimum atomic E-state index is -5.54. The van der Waals surface area contributed by atoms with Gasteiger partial charge in [-0.15, -0.1) is 0 Å². The van der Waals surface area contributed by atoms with E-state index in [2.05, 4.69) is 0 Å². The molecule has 2 aromatic carbocycles. The van der Waals surface area contributed by atoms with Crippen molar-refractivity contribution in [1.82, 2.24) is 4.90 Å². The van der Waals surface area contributed by atoms with E-state index >= 15 is 17.6 Å². The maximum absolute atomic E-state index is 15.4. The molecular weight excluding hydrogens is 496 g/mol. The standard InChI is InChI=1S/C28H21F6NS/c1-24-18-14-20(16-10-6-4-7-11-16)35(3)25(24,2)36-21(17-12-8-5-9-13-17)15-19(24)23-22(18)26(29,30)28(33,34)27(23,31)32/h4-15H,1-3H3/t24-,25-/m1/s1. The Hall–Kier alpha value is -2.87. The van der Waals surface area contributed by atoms with Gasteiger partial charge in [0, 0.05) is 28.8 Å². The molecule has 2 atom stereocenters. The predicted molar refractivity (Wildman–Crippen MR) is 130 cm³/mol. The summed E-state index contributed by atoms with van der Waals surface area (Å²) in [7, 11) is 1.79. The molecule has 0 unspecified atom stereocenters. The van der Waals surface area contributed by atoms with E-state index in [0.29, 0.717) is 21.7 Å². The minimum Gasteiger partial charge on any atom is -0.358 e. The van der Waals surface area contributed by atoms with Gasteiger partial charge in [-0.2, -0.15) is 26.3 Å². The summed E-state index contributed by atoms with van der Waals surface area (Å²) in [5.74, 6) is -15.6. The van der Waals surface area contributed by atoms with Crippen LogP contribution in [0, 0.1) is 5.41 Å². The molecule has 0 spiro atoms. The van der Waals surface area contributed by atoms with Gasteiger partial charge in [-0.3, -0.25) is 0 Å². The quantitative estimate of drug-likeness (QED) is 0.371. The first kappa shape index (κ1) is 23.5. The lowest BCUT2D eigenvalue weighted by molar-refractivity contribution is -0.258. The van der Waals surface area contributed by atoms with Gasteiger partial charge < -0.3 is 4.90 Å². The summed E-state index contributed by atoms with van der Waals surface area (Å²) in [6.45, 7) is 3.42. The molecule has 2 aliphatic heterocycles. The van der Waals surface area contributed by atoms with E-state index in [4.69, 9.17) is 0 Å². The molecule has 1 fully saturated rings. The Balaban J connectivity index is 1.74. The maximum atomic E-state index is 15.4. The van der Waals surface area contributed by atoms with Crippen LogP contribution in [0.4, 0.5) is 26.3 Å². The van der Waals surface area contributed by atoms with E-state index in [1.165, 1.54) is 23.9 Å². The van der Waals surface area contributed by atoms with Crippen molar-refractivity contribution in [2.24, 2.45) is 5.41 Å². The van der Waals surface area contributed by atoms with Crippen molar-refractivity contribution in [2.45, 2.75) is 36.5 Å². The topological polar surface area (TPSA) is 3.24 Å². The molecule has 0 radical (unpaired) electrons. The smallest absolute Gasteiger partial charge is 0.358 e. The molecule has 1 saturated carbocycles. The third kappa shape index (κ3) is 2.46. The molecule has 0 N–H and O–H groups in total. The van der Waals surface area contributed by atoms with E-state index in [1.54, 1.807) is 81.6 Å². The first-order chi connectivity index (χ1) is 16.8.